The summed E-state index contributed by atoms with van der Waals surface area (Å²) in [5.74, 6) is 0.479. The van der Waals surface area contributed by atoms with Crippen LogP contribution in [0.15, 0.2) is 61.2 Å². The van der Waals surface area contributed by atoms with Crippen LogP contribution in [0.4, 0.5) is 0 Å². The zero-order chi connectivity index (χ0) is 18.7. The summed E-state index contributed by atoms with van der Waals surface area (Å²) in [6.07, 6.45) is 3.17. The quantitative estimate of drug-likeness (QED) is 0.693. The minimum atomic E-state index is -0.0305. The molecule has 2 aromatic carbocycles. The van der Waals surface area contributed by atoms with Gasteiger partial charge in [0.1, 0.15) is 12.7 Å². The standard InChI is InChI=1S/C21H24N4O/c1-15(2)17-5-7-19(8-6-17)21(26)24(4)16(3)18-9-11-20(12-10-18)25-14-22-13-23-25/h5-16H,1-4H3. The van der Waals surface area contributed by atoms with E-state index >= 15 is 0 Å². The largest absolute Gasteiger partial charge is 0.335 e. The molecular weight excluding hydrogens is 324 g/mol. The van der Waals surface area contributed by atoms with Crippen molar-refractivity contribution in [2.45, 2.75) is 32.7 Å². The summed E-state index contributed by atoms with van der Waals surface area (Å²) in [6.45, 7) is 6.33. The Hall–Kier alpha value is -2.95. The Kier molecular flexibility index (Phi) is 5.16. The molecule has 0 saturated carbocycles. The summed E-state index contributed by atoms with van der Waals surface area (Å²) in [6, 6.07) is 15.9. The van der Waals surface area contributed by atoms with Gasteiger partial charge in [-0.2, -0.15) is 5.10 Å². The second-order valence-corrected chi connectivity index (χ2v) is 6.80. The molecule has 3 aromatic rings. The zero-order valence-electron chi connectivity index (χ0n) is 15.6. The number of carbonyl (C=O) groups is 1. The molecule has 1 amide bonds. The number of aromatic nitrogens is 3. The summed E-state index contributed by atoms with van der Waals surface area (Å²) in [5.41, 5.74) is 3.96. The Balaban J connectivity index is 1.74. The molecule has 0 aliphatic heterocycles. The van der Waals surface area contributed by atoms with Crippen LogP contribution in [-0.2, 0) is 0 Å². The first kappa shape index (κ1) is 17.9. The molecule has 0 aliphatic carbocycles. The number of benzene rings is 2. The molecular formula is C21H24N4O. The van der Waals surface area contributed by atoms with Crippen LogP contribution in [-0.4, -0.2) is 32.6 Å². The Morgan fingerprint density at radius 2 is 1.58 bits per heavy atom. The van der Waals surface area contributed by atoms with Crippen molar-refractivity contribution in [3.8, 4) is 5.69 Å². The van der Waals surface area contributed by atoms with E-state index in [2.05, 4.69) is 23.9 Å². The molecule has 0 radical (unpaired) electrons. The first-order valence-electron chi connectivity index (χ1n) is 8.79. The second kappa shape index (κ2) is 7.52. The number of rotatable bonds is 5. The van der Waals surface area contributed by atoms with Gasteiger partial charge in [-0.15, -0.1) is 0 Å². The molecule has 5 nitrogen and oxygen atoms in total. The molecule has 0 fully saturated rings. The average molecular weight is 348 g/mol. The third kappa shape index (κ3) is 3.67. The zero-order valence-corrected chi connectivity index (χ0v) is 15.6. The van der Waals surface area contributed by atoms with Gasteiger partial charge in [0.2, 0.25) is 0 Å². The van der Waals surface area contributed by atoms with Crippen LogP contribution >= 0.6 is 0 Å². The van der Waals surface area contributed by atoms with Crippen LogP contribution < -0.4 is 0 Å². The lowest BCUT2D eigenvalue weighted by Gasteiger charge is -2.26. The smallest absolute Gasteiger partial charge is 0.254 e. The van der Waals surface area contributed by atoms with Crippen LogP contribution in [0.3, 0.4) is 0 Å². The highest BCUT2D eigenvalue weighted by atomic mass is 16.2. The van der Waals surface area contributed by atoms with Gasteiger partial charge in [-0.3, -0.25) is 4.79 Å². The fraction of sp³-hybridized carbons (Fsp3) is 0.286. The minimum absolute atomic E-state index is 0.0214. The molecule has 1 aromatic heterocycles. The molecule has 134 valence electrons. The van der Waals surface area contributed by atoms with E-state index in [0.717, 1.165) is 11.3 Å². The second-order valence-electron chi connectivity index (χ2n) is 6.80. The monoisotopic (exact) mass is 348 g/mol. The highest BCUT2D eigenvalue weighted by molar-refractivity contribution is 5.94. The van der Waals surface area contributed by atoms with E-state index in [4.69, 9.17) is 0 Å². The summed E-state index contributed by atoms with van der Waals surface area (Å²) in [5, 5.41) is 4.12. The van der Waals surface area contributed by atoms with E-state index in [9.17, 15) is 4.79 Å². The SMILES string of the molecule is CC(C)c1ccc(C(=O)N(C)C(C)c2ccc(-n3cncn3)cc2)cc1. The molecule has 1 unspecified atom stereocenters. The van der Waals surface area contributed by atoms with Crippen molar-refractivity contribution in [3.05, 3.63) is 77.9 Å². The van der Waals surface area contributed by atoms with Crippen molar-refractivity contribution in [3.63, 3.8) is 0 Å². The van der Waals surface area contributed by atoms with E-state index in [1.54, 1.807) is 15.9 Å². The van der Waals surface area contributed by atoms with Crippen molar-refractivity contribution in [1.82, 2.24) is 19.7 Å². The predicted molar refractivity (Wildman–Crippen MR) is 102 cm³/mol. The van der Waals surface area contributed by atoms with Gasteiger partial charge in [-0.1, -0.05) is 38.1 Å². The third-order valence-electron chi connectivity index (χ3n) is 4.78. The molecule has 0 spiro atoms. The summed E-state index contributed by atoms with van der Waals surface area (Å²) in [7, 11) is 1.84. The lowest BCUT2D eigenvalue weighted by atomic mass is 10.0. The van der Waals surface area contributed by atoms with Gasteiger partial charge in [0, 0.05) is 12.6 Å². The van der Waals surface area contributed by atoms with Gasteiger partial charge in [-0.05, 0) is 48.2 Å². The number of amides is 1. The highest BCUT2D eigenvalue weighted by Gasteiger charge is 2.19. The molecule has 5 heteroatoms. The van der Waals surface area contributed by atoms with Crippen molar-refractivity contribution >= 4 is 5.91 Å². The Bertz CT molecular complexity index is 852. The number of carbonyl (C=O) groups excluding carboxylic acids is 1. The van der Waals surface area contributed by atoms with E-state index < -0.39 is 0 Å². The molecule has 26 heavy (non-hydrogen) atoms. The third-order valence-corrected chi connectivity index (χ3v) is 4.78. The van der Waals surface area contributed by atoms with Gasteiger partial charge >= 0.3 is 0 Å². The van der Waals surface area contributed by atoms with E-state index in [-0.39, 0.29) is 11.9 Å². The lowest BCUT2D eigenvalue weighted by Crippen LogP contribution is -2.29. The van der Waals surface area contributed by atoms with Crippen LogP contribution in [0.2, 0.25) is 0 Å². The van der Waals surface area contributed by atoms with Gasteiger partial charge in [0.05, 0.1) is 11.7 Å². The average Bonchev–Trinajstić information content (AvgIpc) is 3.21. The van der Waals surface area contributed by atoms with Crippen molar-refractivity contribution in [2.75, 3.05) is 7.05 Å². The fourth-order valence-corrected chi connectivity index (χ4v) is 2.86. The molecule has 1 atom stereocenters. The van der Waals surface area contributed by atoms with E-state index in [1.165, 1.54) is 11.9 Å². The van der Waals surface area contributed by atoms with E-state index in [0.29, 0.717) is 11.5 Å². The highest BCUT2D eigenvalue weighted by Crippen LogP contribution is 2.23. The molecule has 0 aliphatic rings. The van der Waals surface area contributed by atoms with Gasteiger partial charge in [0.15, 0.2) is 0 Å². The molecule has 1 heterocycles. The maximum atomic E-state index is 12.8. The first-order valence-corrected chi connectivity index (χ1v) is 8.79. The Labute approximate surface area is 154 Å². The topological polar surface area (TPSA) is 51.0 Å². The summed E-state index contributed by atoms with van der Waals surface area (Å²) in [4.78, 5) is 18.5. The molecule has 0 bridgehead atoms. The maximum absolute atomic E-state index is 12.8. The van der Waals surface area contributed by atoms with Gasteiger partial charge < -0.3 is 4.90 Å². The summed E-state index contributed by atoms with van der Waals surface area (Å²) >= 11 is 0. The molecule has 0 saturated heterocycles. The number of hydrogen-bond donors (Lipinski definition) is 0. The van der Waals surface area contributed by atoms with Gasteiger partial charge in [-0.25, -0.2) is 9.67 Å². The normalized spacial score (nSPS) is 12.2. The molecule has 3 rings (SSSR count). The fourth-order valence-electron chi connectivity index (χ4n) is 2.86. The van der Waals surface area contributed by atoms with Crippen LogP contribution in [0.5, 0.6) is 0 Å². The van der Waals surface area contributed by atoms with Crippen LogP contribution in [0.1, 0.15) is 54.2 Å². The van der Waals surface area contributed by atoms with Crippen molar-refractivity contribution in [2.24, 2.45) is 0 Å². The lowest BCUT2D eigenvalue weighted by molar-refractivity contribution is 0.0742. The minimum Gasteiger partial charge on any atom is -0.335 e. The van der Waals surface area contributed by atoms with Crippen LogP contribution in [0.25, 0.3) is 5.69 Å². The van der Waals surface area contributed by atoms with Crippen molar-refractivity contribution < 1.29 is 4.79 Å². The summed E-state index contributed by atoms with van der Waals surface area (Å²) < 4.78 is 1.71. The van der Waals surface area contributed by atoms with Gasteiger partial charge in [0.25, 0.3) is 5.91 Å². The molecule has 0 N–H and O–H groups in total. The maximum Gasteiger partial charge on any atom is 0.254 e. The Morgan fingerprint density at radius 1 is 0.962 bits per heavy atom. The predicted octanol–water partition coefficient (Wildman–Crippen LogP) is 4.22. The first-order chi connectivity index (χ1) is 12.5. The van der Waals surface area contributed by atoms with E-state index in [1.807, 2.05) is 62.5 Å². The Morgan fingerprint density at radius 3 is 2.12 bits per heavy atom. The number of hydrogen-bond acceptors (Lipinski definition) is 3. The van der Waals surface area contributed by atoms with Crippen LogP contribution in [0, 0.1) is 0 Å². The number of nitrogens with zero attached hydrogens (tertiary/aromatic N) is 4. The van der Waals surface area contributed by atoms with Crippen molar-refractivity contribution in [1.29, 1.82) is 0 Å².